The van der Waals surface area contributed by atoms with Gasteiger partial charge in [0.1, 0.15) is 11.6 Å². The van der Waals surface area contributed by atoms with Gasteiger partial charge in [-0.25, -0.2) is 4.98 Å². The zero-order valence-corrected chi connectivity index (χ0v) is 15.2. The van der Waals surface area contributed by atoms with Crippen LogP contribution in [0.15, 0.2) is 66.7 Å². The summed E-state index contributed by atoms with van der Waals surface area (Å²) in [6.07, 6.45) is 0. The molecule has 0 aliphatic carbocycles. The van der Waals surface area contributed by atoms with Crippen LogP contribution in [-0.4, -0.2) is 23.0 Å². The number of nitrogens with zero attached hydrogens (tertiary/aromatic N) is 1. The summed E-state index contributed by atoms with van der Waals surface area (Å²) in [4.78, 5) is 20.4. The number of amides is 1. The fourth-order valence-electron chi connectivity index (χ4n) is 2.84. The molecule has 0 fully saturated rings. The topological polar surface area (TPSA) is 67.0 Å². The predicted octanol–water partition coefficient (Wildman–Crippen LogP) is 5.14. The van der Waals surface area contributed by atoms with Crippen molar-refractivity contribution in [3.63, 3.8) is 0 Å². The normalized spacial score (nSPS) is 10.7. The van der Waals surface area contributed by atoms with Crippen molar-refractivity contribution in [2.75, 3.05) is 12.4 Å². The van der Waals surface area contributed by atoms with E-state index in [4.69, 9.17) is 16.3 Å². The second-order valence-electron chi connectivity index (χ2n) is 5.98. The Bertz CT molecular complexity index is 1090. The lowest BCUT2D eigenvalue weighted by atomic mass is 10.1. The first-order valence-electron chi connectivity index (χ1n) is 8.34. The lowest BCUT2D eigenvalue weighted by Gasteiger charge is -2.10. The van der Waals surface area contributed by atoms with Crippen LogP contribution in [0.4, 0.5) is 5.69 Å². The number of carbonyl (C=O) groups is 1. The van der Waals surface area contributed by atoms with E-state index >= 15 is 0 Å². The Hall–Kier alpha value is -3.31. The van der Waals surface area contributed by atoms with E-state index in [-0.39, 0.29) is 5.91 Å². The van der Waals surface area contributed by atoms with E-state index in [1.807, 2.05) is 36.4 Å². The van der Waals surface area contributed by atoms with Gasteiger partial charge in [-0.05, 0) is 42.5 Å². The maximum Gasteiger partial charge on any atom is 0.255 e. The van der Waals surface area contributed by atoms with E-state index in [0.717, 1.165) is 22.4 Å². The van der Waals surface area contributed by atoms with Crippen LogP contribution in [0.2, 0.25) is 5.02 Å². The van der Waals surface area contributed by atoms with E-state index in [1.54, 1.807) is 37.4 Å². The Morgan fingerprint density at radius 2 is 1.85 bits per heavy atom. The number of ether oxygens (including phenoxy) is 1. The van der Waals surface area contributed by atoms with Crippen LogP contribution in [0.1, 0.15) is 10.4 Å². The largest absolute Gasteiger partial charge is 0.495 e. The van der Waals surface area contributed by atoms with Gasteiger partial charge in [0.05, 0.1) is 23.8 Å². The van der Waals surface area contributed by atoms with Crippen LogP contribution in [0.5, 0.6) is 5.75 Å². The van der Waals surface area contributed by atoms with Gasteiger partial charge < -0.3 is 15.0 Å². The first-order chi connectivity index (χ1) is 13.1. The number of para-hydroxylation sites is 2. The molecule has 1 heterocycles. The summed E-state index contributed by atoms with van der Waals surface area (Å²) in [6.45, 7) is 0. The Morgan fingerprint density at radius 3 is 2.59 bits per heavy atom. The Kier molecular flexibility index (Phi) is 4.52. The van der Waals surface area contributed by atoms with E-state index in [9.17, 15) is 4.79 Å². The van der Waals surface area contributed by atoms with Crippen LogP contribution in [0.3, 0.4) is 0 Å². The fourth-order valence-corrected chi connectivity index (χ4v) is 3.01. The van der Waals surface area contributed by atoms with Gasteiger partial charge in [-0.2, -0.15) is 0 Å². The number of anilines is 1. The Morgan fingerprint density at radius 1 is 1.07 bits per heavy atom. The van der Waals surface area contributed by atoms with Crippen molar-refractivity contribution < 1.29 is 9.53 Å². The number of carbonyl (C=O) groups excluding carboxylic acids is 1. The summed E-state index contributed by atoms with van der Waals surface area (Å²) < 4.78 is 5.26. The monoisotopic (exact) mass is 377 g/mol. The molecule has 1 amide bonds. The molecule has 134 valence electrons. The highest BCUT2D eigenvalue weighted by Crippen LogP contribution is 2.28. The average molecular weight is 378 g/mol. The van der Waals surface area contributed by atoms with Crippen molar-refractivity contribution >= 4 is 34.2 Å². The summed E-state index contributed by atoms with van der Waals surface area (Å²) >= 11 is 6.01. The average Bonchev–Trinajstić information content (AvgIpc) is 3.12. The number of rotatable bonds is 4. The molecule has 5 nitrogen and oxygen atoms in total. The number of benzene rings is 3. The number of fused-ring (bicyclic) bond motifs is 1. The molecule has 2 N–H and O–H groups in total. The minimum Gasteiger partial charge on any atom is -0.495 e. The van der Waals surface area contributed by atoms with E-state index in [0.29, 0.717) is 22.0 Å². The van der Waals surface area contributed by atoms with E-state index < -0.39 is 0 Å². The van der Waals surface area contributed by atoms with Crippen LogP contribution < -0.4 is 10.1 Å². The lowest BCUT2D eigenvalue weighted by Crippen LogP contribution is -2.12. The number of methoxy groups -OCH3 is 1. The highest BCUT2D eigenvalue weighted by atomic mass is 35.5. The number of nitrogens with one attached hydrogen (secondary N) is 2. The molecular formula is C21H16ClN3O2. The van der Waals surface area contributed by atoms with Crippen LogP contribution in [-0.2, 0) is 0 Å². The van der Waals surface area contributed by atoms with E-state index in [2.05, 4.69) is 15.3 Å². The minimum absolute atomic E-state index is 0.244. The summed E-state index contributed by atoms with van der Waals surface area (Å²) in [5.74, 6) is 1.07. The molecule has 0 aliphatic heterocycles. The minimum atomic E-state index is -0.244. The van der Waals surface area contributed by atoms with Crippen LogP contribution in [0, 0.1) is 0 Å². The standard InChI is InChI=1S/C21H16ClN3O2/c1-27-19-11-10-15(22)12-18(19)25-21(26)14-8-6-13(7-9-14)20-23-16-4-2-3-5-17(16)24-20/h2-12H,1H3,(H,23,24)(H,25,26). The highest BCUT2D eigenvalue weighted by Gasteiger charge is 2.11. The van der Waals surface area contributed by atoms with Crippen molar-refractivity contribution in [3.8, 4) is 17.1 Å². The van der Waals surface area contributed by atoms with Gasteiger partial charge in [-0.15, -0.1) is 0 Å². The number of H-pyrrole nitrogens is 1. The molecular weight excluding hydrogens is 362 g/mol. The molecule has 4 aromatic rings. The molecule has 3 aromatic carbocycles. The zero-order valence-electron chi connectivity index (χ0n) is 14.5. The maximum atomic E-state index is 12.5. The zero-order chi connectivity index (χ0) is 18.8. The number of hydrogen-bond acceptors (Lipinski definition) is 3. The van der Waals surface area contributed by atoms with Gasteiger partial charge >= 0.3 is 0 Å². The quantitative estimate of drug-likeness (QED) is 0.517. The summed E-state index contributed by atoms with van der Waals surface area (Å²) in [7, 11) is 1.54. The molecule has 0 saturated heterocycles. The predicted molar refractivity (Wildman–Crippen MR) is 107 cm³/mol. The highest BCUT2D eigenvalue weighted by molar-refractivity contribution is 6.31. The molecule has 4 rings (SSSR count). The molecule has 0 unspecified atom stereocenters. The number of imidazole rings is 1. The molecule has 1 aromatic heterocycles. The second-order valence-corrected chi connectivity index (χ2v) is 6.42. The summed E-state index contributed by atoms with van der Waals surface area (Å²) in [6, 6.07) is 20.2. The fraction of sp³-hybridized carbons (Fsp3) is 0.0476. The van der Waals surface area contributed by atoms with Gasteiger partial charge in [-0.3, -0.25) is 4.79 Å². The van der Waals surface area contributed by atoms with E-state index in [1.165, 1.54) is 0 Å². The molecule has 0 bridgehead atoms. The first kappa shape index (κ1) is 17.1. The van der Waals surface area contributed by atoms with Crippen molar-refractivity contribution in [1.82, 2.24) is 9.97 Å². The van der Waals surface area contributed by atoms with Crippen molar-refractivity contribution in [2.45, 2.75) is 0 Å². The Balaban J connectivity index is 1.57. The Labute approximate surface area is 161 Å². The number of hydrogen-bond donors (Lipinski definition) is 2. The van der Waals surface area contributed by atoms with Crippen molar-refractivity contribution in [3.05, 3.63) is 77.3 Å². The molecule has 6 heteroatoms. The van der Waals surface area contributed by atoms with Crippen LogP contribution >= 0.6 is 11.6 Å². The number of halogens is 1. The summed E-state index contributed by atoms with van der Waals surface area (Å²) in [5.41, 5.74) is 3.83. The number of aromatic amines is 1. The number of aromatic nitrogens is 2. The van der Waals surface area contributed by atoms with Gasteiger partial charge in [0.25, 0.3) is 5.91 Å². The summed E-state index contributed by atoms with van der Waals surface area (Å²) in [5, 5.41) is 3.35. The molecule has 0 spiro atoms. The SMILES string of the molecule is COc1ccc(Cl)cc1NC(=O)c1ccc(-c2nc3ccccc3[nH]2)cc1. The third-order valence-corrected chi connectivity index (χ3v) is 4.45. The van der Waals surface area contributed by atoms with Gasteiger partial charge in [0, 0.05) is 16.1 Å². The van der Waals surface area contributed by atoms with Gasteiger partial charge in [0.2, 0.25) is 0 Å². The third-order valence-electron chi connectivity index (χ3n) is 4.22. The molecule has 0 radical (unpaired) electrons. The first-order valence-corrected chi connectivity index (χ1v) is 8.72. The third kappa shape index (κ3) is 3.50. The van der Waals surface area contributed by atoms with Gasteiger partial charge in [-0.1, -0.05) is 35.9 Å². The molecule has 0 atom stereocenters. The molecule has 0 aliphatic rings. The molecule has 0 saturated carbocycles. The smallest absolute Gasteiger partial charge is 0.255 e. The maximum absolute atomic E-state index is 12.5. The second kappa shape index (κ2) is 7.13. The van der Waals surface area contributed by atoms with Gasteiger partial charge in [0.15, 0.2) is 0 Å². The van der Waals surface area contributed by atoms with Crippen molar-refractivity contribution in [2.24, 2.45) is 0 Å². The lowest BCUT2D eigenvalue weighted by molar-refractivity contribution is 0.102. The van der Waals surface area contributed by atoms with Crippen molar-refractivity contribution in [1.29, 1.82) is 0 Å². The molecule has 27 heavy (non-hydrogen) atoms. The van der Waals surface area contributed by atoms with Crippen LogP contribution in [0.25, 0.3) is 22.4 Å².